The molecule has 0 amide bonds. The van der Waals surface area contributed by atoms with Gasteiger partial charge in [0.25, 0.3) is 0 Å². The lowest BCUT2D eigenvalue weighted by atomic mass is 10.1. The zero-order valence-electron chi connectivity index (χ0n) is 18.6. The van der Waals surface area contributed by atoms with Gasteiger partial charge in [-0.05, 0) is 48.4 Å². The summed E-state index contributed by atoms with van der Waals surface area (Å²) in [6, 6.07) is 19.4. The molecule has 3 aromatic carbocycles. The average Bonchev–Trinajstić information content (AvgIpc) is 2.77. The zero-order chi connectivity index (χ0) is 22.7. The van der Waals surface area contributed by atoms with Crippen molar-refractivity contribution in [3.05, 3.63) is 71.8 Å². The topological polar surface area (TPSA) is 71.3 Å². The van der Waals surface area contributed by atoms with Gasteiger partial charge < -0.3 is 14.7 Å². The van der Waals surface area contributed by atoms with E-state index in [9.17, 15) is 13.5 Å². The zero-order valence-corrected chi connectivity index (χ0v) is 19.4. The van der Waals surface area contributed by atoms with Crippen molar-refractivity contribution in [1.82, 2.24) is 4.31 Å². The number of hydrogen-bond donors (Lipinski definition) is 2. The summed E-state index contributed by atoms with van der Waals surface area (Å²) >= 11 is 0. The monoisotopic (exact) mass is 455 g/mol. The maximum atomic E-state index is 13.0. The largest absolute Gasteiger partial charge is 0.491 e. The van der Waals surface area contributed by atoms with Crippen molar-refractivity contribution >= 4 is 20.8 Å². The standard InChI is InChI=1S/C25H30N2O4S/c1-19-7-10-25(20(2)15-19)32(29,30)27-13-11-26(12-14-27)17-23(28)18-31-24-9-8-21-5-3-4-6-22(21)16-24/h3-10,15-16,23,28H,11-14,17-18H2,1-2H3/p+1/t23-/m0/s1. The van der Waals surface area contributed by atoms with E-state index in [1.54, 1.807) is 10.4 Å². The molecule has 0 saturated carbocycles. The summed E-state index contributed by atoms with van der Waals surface area (Å²) in [5.74, 6) is 0.738. The molecule has 170 valence electrons. The Labute approximate surface area is 190 Å². The molecule has 1 atom stereocenters. The van der Waals surface area contributed by atoms with Gasteiger partial charge in [-0.2, -0.15) is 4.31 Å². The van der Waals surface area contributed by atoms with Crippen LogP contribution in [0.1, 0.15) is 11.1 Å². The van der Waals surface area contributed by atoms with Crippen LogP contribution in [-0.4, -0.2) is 63.3 Å². The molecule has 1 fully saturated rings. The predicted molar refractivity (Wildman–Crippen MR) is 126 cm³/mol. The van der Waals surface area contributed by atoms with Gasteiger partial charge >= 0.3 is 0 Å². The van der Waals surface area contributed by atoms with Crippen LogP contribution < -0.4 is 9.64 Å². The first-order valence-electron chi connectivity index (χ1n) is 11.0. The van der Waals surface area contributed by atoms with Crippen LogP contribution in [0.4, 0.5) is 0 Å². The van der Waals surface area contributed by atoms with Gasteiger partial charge in [-0.15, -0.1) is 0 Å². The highest BCUT2D eigenvalue weighted by Gasteiger charge is 2.32. The lowest BCUT2D eigenvalue weighted by molar-refractivity contribution is -0.906. The molecule has 0 spiro atoms. The molecular weight excluding hydrogens is 424 g/mol. The smallest absolute Gasteiger partial charge is 0.243 e. The molecule has 3 aromatic rings. The molecule has 0 radical (unpaired) electrons. The molecule has 1 aliphatic heterocycles. The number of ether oxygens (including phenoxy) is 1. The number of aliphatic hydroxyl groups excluding tert-OH is 1. The third kappa shape index (κ3) is 5.13. The molecule has 7 heteroatoms. The fourth-order valence-electron chi connectivity index (χ4n) is 4.32. The van der Waals surface area contributed by atoms with Crippen molar-refractivity contribution in [2.75, 3.05) is 39.3 Å². The van der Waals surface area contributed by atoms with E-state index < -0.39 is 16.1 Å². The Morgan fingerprint density at radius 2 is 1.72 bits per heavy atom. The predicted octanol–water partition coefficient (Wildman–Crippen LogP) is 1.79. The van der Waals surface area contributed by atoms with Crippen LogP contribution in [0.25, 0.3) is 10.8 Å². The minimum absolute atomic E-state index is 0.215. The first-order valence-corrected chi connectivity index (χ1v) is 12.5. The van der Waals surface area contributed by atoms with E-state index in [4.69, 9.17) is 4.74 Å². The van der Waals surface area contributed by atoms with E-state index in [2.05, 4.69) is 6.07 Å². The molecule has 2 N–H and O–H groups in total. The summed E-state index contributed by atoms with van der Waals surface area (Å²) in [5.41, 5.74) is 1.83. The highest BCUT2D eigenvalue weighted by atomic mass is 32.2. The van der Waals surface area contributed by atoms with Crippen molar-refractivity contribution < 1.29 is 23.2 Å². The van der Waals surface area contributed by atoms with Crippen LogP contribution in [-0.2, 0) is 10.0 Å². The number of nitrogens with one attached hydrogen (secondary N) is 1. The summed E-state index contributed by atoms with van der Waals surface area (Å²) in [7, 11) is -3.49. The molecule has 0 unspecified atom stereocenters. The maximum absolute atomic E-state index is 13.0. The number of quaternary nitrogens is 1. The second kappa shape index (κ2) is 9.58. The van der Waals surface area contributed by atoms with Gasteiger partial charge in [0.2, 0.25) is 10.0 Å². The van der Waals surface area contributed by atoms with E-state index in [-0.39, 0.29) is 6.61 Å². The minimum Gasteiger partial charge on any atom is -0.491 e. The maximum Gasteiger partial charge on any atom is 0.243 e. The molecule has 32 heavy (non-hydrogen) atoms. The lowest BCUT2D eigenvalue weighted by Gasteiger charge is -2.32. The molecule has 0 aliphatic carbocycles. The van der Waals surface area contributed by atoms with Gasteiger partial charge in [0, 0.05) is 0 Å². The molecule has 1 aliphatic rings. The van der Waals surface area contributed by atoms with Gasteiger partial charge in [0.15, 0.2) is 0 Å². The molecule has 4 rings (SSSR count). The molecule has 6 nitrogen and oxygen atoms in total. The summed E-state index contributed by atoms with van der Waals surface area (Å²) in [4.78, 5) is 1.57. The highest BCUT2D eigenvalue weighted by Crippen LogP contribution is 2.22. The van der Waals surface area contributed by atoms with Gasteiger partial charge in [0.1, 0.15) is 25.0 Å². The fraction of sp³-hybridized carbons (Fsp3) is 0.360. The minimum atomic E-state index is -3.49. The first kappa shape index (κ1) is 22.7. The lowest BCUT2D eigenvalue weighted by Crippen LogP contribution is -3.15. The third-order valence-electron chi connectivity index (χ3n) is 6.07. The van der Waals surface area contributed by atoms with E-state index >= 15 is 0 Å². The van der Waals surface area contributed by atoms with E-state index in [0.717, 1.165) is 27.6 Å². The van der Waals surface area contributed by atoms with Crippen molar-refractivity contribution in [3.63, 3.8) is 0 Å². The summed E-state index contributed by atoms with van der Waals surface area (Å²) in [6.07, 6.45) is -0.612. The highest BCUT2D eigenvalue weighted by molar-refractivity contribution is 7.89. The normalized spacial score (nSPS) is 16.8. The Morgan fingerprint density at radius 1 is 1.00 bits per heavy atom. The molecule has 0 aromatic heterocycles. The number of hydrogen-bond acceptors (Lipinski definition) is 4. The Kier molecular flexibility index (Phi) is 6.81. The van der Waals surface area contributed by atoms with Gasteiger partial charge in [-0.3, -0.25) is 0 Å². The SMILES string of the molecule is Cc1ccc(S(=O)(=O)N2CC[NH+](C[C@H](O)COc3ccc4ccccc4c3)CC2)c(C)c1. The number of nitrogens with zero attached hydrogens (tertiary/aromatic N) is 1. The second-order valence-electron chi connectivity index (χ2n) is 8.60. The number of aryl methyl sites for hydroxylation is 2. The van der Waals surface area contributed by atoms with Crippen LogP contribution >= 0.6 is 0 Å². The van der Waals surface area contributed by atoms with Crippen molar-refractivity contribution in [3.8, 4) is 5.75 Å². The summed E-state index contributed by atoms with van der Waals surface area (Å²) in [5, 5.41) is 12.7. The Bertz CT molecular complexity index is 1190. The number of rotatable bonds is 7. The van der Waals surface area contributed by atoms with Crippen molar-refractivity contribution in [1.29, 1.82) is 0 Å². The average molecular weight is 456 g/mol. The summed E-state index contributed by atoms with van der Waals surface area (Å²) in [6.45, 7) is 6.77. The number of aliphatic hydroxyl groups is 1. The van der Waals surface area contributed by atoms with Crippen molar-refractivity contribution in [2.24, 2.45) is 0 Å². The van der Waals surface area contributed by atoms with Gasteiger partial charge in [0.05, 0.1) is 31.1 Å². The Hall–Kier alpha value is -2.45. The third-order valence-corrected chi connectivity index (χ3v) is 8.12. The first-order chi connectivity index (χ1) is 15.3. The second-order valence-corrected chi connectivity index (χ2v) is 10.5. The fourth-order valence-corrected chi connectivity index (χ4v) is 5.96. The number of piperazine rings is 1. The van der Waals surface area contributed by atoms with E-state index in [0.29, 0.717) is 37.6 Å². The van der Waals surface area contributed by atoms with Crippen LogP contribution in [0.3, 0.4) is 0 Å². The number of fused-ring (bicyclic) bond motifs is 1. The van der Waals surface area contributed by atoms with Crippen LogP contribution in [0.15, 0.2) is 65.6 Å². The molecule has 1 heterocycles. The molecule has 0 bridgehead atoms. The summed E-state index contributed by atoms with van der Waals surface area (Å²) < 4.78 is 33.5. The number of sulfonamides is 1. The molecule has 1 saturated heterocycles. The Balaban J connectivity index is 1.28. The molecular formula is C25H31N2O4S+. The van der Waals surface area contributed by atoms with Crippen LogP contribution in [0, 0.1) is 13.8 Å². The van der Waals surface area contributed by atoms with E-state index in [1.165, 1.54) is 4.90 Å². The van der Waals surface area contributed by atoms with Gasteiger partial charge in [-0.25, -0.2) is 8.42 Å². The van der Waals surface area contributed by atoms with Crippen LogP contribution in [0.5, 0.6) is 5.75 Å². The van der Waals surface area contributed by atoms with Crippen LogP contribution in [0.2, 0.25) is 0 Å². The van der Waals surface area contributed by atoms with Gasteiger partial charge in [-0.1, -0.05) is 48.0 Å². The quantitative estimate of drug-likeness (QED) is 0.570. The Morgan fingerprint density at radius 3 is 2.44 bits per heavy atom. The van der Waals surface area contributed by atoms with E-state index in [1.807, 2.05) is 62.4 Å². The van der Waals surface area contributed by atoms with Crippen molar-refractivity contribution in [2.45, 2.75) is 24.8 Å². The number of benzene rings is 3.